The number of anilines is 1. The highest BCUT2D eigenvalue weighted by Gasteiger charge is 2.05. The number of benzene rings is 2. The number of carbonyl (C=O) groups excluding carboxylic acids is 2. The van der Waals surface area contributed by atoms with Gasteiger partial charge in [-0.2, -0.15) is 0 Å². The standard InChI is InChI=1S/C18H19ClN2O4/c1-24-11-18(23)21-15-4-2-3-13(9-15)10-20-17(22)12-25-16-7-5-14(19)6-8-16/h2-9H,10-12H2,1H3,(H,20,22)(H,21,23). The molecule has 0 saturated heterocycles. The van der Waals surface area contributed by atoms with Crippen molar-refractivity contribution in [3.05, 3.63) is 59.1 Å². The van der Waals surface area contributed by atoms with Crippen molar-refractivity contribution in [1.82, 2.24) is 5.32 Å². The minimum absolute atomic E-state index is 0.0109. The van der Waals surface area contributed by atoms with E-state index >= 15 is 0 Å². The largest absolute Gasteiger partial charge is 0.484 e. The van der Waals surface area contributed by atoms with Gasteiger partial charge in [-0.1, -0.05) is 23.7 Å². The number of hydrogen-bond donors (Lipinski definition) is 2. The Kier molecular flexibility index (Phi) is 7.25. The van der Waals surface area contributed by atoms with Gasteiger partial charge in [0.1, 0.15) is 12.4 Å². The lowest BCUT2D eigenvalue weighted by Gasteiger charge is -2.09. The van der Waals surface area contributed by atoms with E-state index in [0.29, 0.717) is 23.0 Å². The molecular weight excluding hydrogens is 344 g/mol. The summed E-state index contributed by atoms with van der Waals surface area (Å²) < 4.78 is 10.1. The highest BCUT2D eigenvalue weighted by atomic mass is 35.5. The third kappa shape index (κ3) is 6.82. The molecule has 2 N–H and O–H groups in total. The van der Waals surface area contributed by atoms with Crippen LogP contribution in [0, 0.1) is 0 Å². The fourth-order valence-electron chi connectivity index (χ4n) is 2.02. The van der Waals surface area contributed by atoms with Gasteiger partial charge in [-0.15, -0.1) is 0 Å². The van der Waals surface area contributed by atoms with Crippen molar-refractivity contribution in [3.63, 3.8) is 0 Å². The average Bonchev–Trinajstić information content (AvgIpc) is 2.60. The maximum Gasteiger partial charge on any atom is 0.258 e. The van der Waals surface area contributed by atoms with Crippen molar-refractivity contribution in [2.45, 2.75) is 6.54 Å². The molecule has 0 heterocycles. The summed E-state index contributed by atoms with van der Waals surface area (Å²) in [5, 5.41) is 6.07. The Labute approximate surface area is 151 Å². The zero-order chi connectivity index (χ0) is 18.1. The highest BCUT2D eigenvalue weighted by molar-refractivity contribution is 6.30. The minimum atomic E-state index is -0.247. The summed E-state index contributed by atoms with van der Waals surface area (Å²) in [7, 11) is 1.46. The van der Waals surface area contributed by atoms with E-state index in [4.69, 9.17) is 21.1 Å². The molecule has 0 aromatic heterocycles. The quantitative estimate of drug-likeness (QED) is 0.756. The van der Waals surface area contributed by atoms with Crippen LogP contribution in [0.2, 0.25) is 5.02 Å². The van der Waals surface area contributed by atoms with Crippen LogP contribution in [0.25, 0.3) is 0 Å². The average molecular weight is 363 g/mol. The molecule has 2 rings (SSSR count). The van der Waals surface area contributed by atoms with E-state index in [1.54, 1.807) is 42.5 Å². The maximum atomic E-state index is 11.9. The van der Waals surface area contributed by atoms with E-state index in [9.17, 15) is 9.59 Å². The summed E-state index contributed by atoms with van der Waals surface area (Å²) in [5.74, 6) is 0.0891. The van der Waals surface area contributed by atoms with Crippen LogP contribution in [0.4, 0.5) is 5.69 Å². The van der Waals surface area contributed by atoms with Gasteiger partial charge in [0.15, 0.2) is 6.61 Å². The molecule has 2 aromatic carbocycles. The first-order valence-corrected chi connectivity index (χ1v) is 7.97. The normalized spacial score (nSPS) is 10.2. The highest BCUT2D eigenvalue weighted by Crippen LogP contribution is 2.15. The van der Waals surface area contributed by atoms with Crippen molar-refractivity contribution in [3.8, 4) is 5.75 Å². The molecule has 0 fully saturated rings. The predicted octanol–water partition coefficient (Wildman–Crippen LogP) is 2.62. The topological polar surface area (TPSA) is 76.7 Å². The third-order valence-electron chi connectivity index (χ3n) is 3.16. The Hall–Kier alpha value is -2.57. The van der Waals surface area contributed by atoms with E-state index in [1.165, 1.54) is 7.11 Å². The molecule has 0 saturated carbocycles. The summed E-state index contributed by atoms with van der Waals surface area (Å²) in [6, 6.07) is 14.0. The first-order valence-electron chi connectivity index (χ1n) is 7.59. The molecule has 0 aliphatic rings. The molecule has 0 bridgehead atoms. The number of ether oxygens (including phenoxy) is 2. The maximum absolute atomic E-state index is 11.9. The number of halogens is 1. The lowest BCUT2D eigenvalue weighted by Crippen LogP contribution is -2.28. The van der Waals surface area contributed by atoms with Crippen LogP contribution in [0.3, 0.4) is 0 Å². The molecule has 0 radical (unpaired) electrons. The van der Waals surface area contributed by atoms with Crippen LogP contribution in [0.15, 0.2) is 48.5 Å². The lowest BCUT2D eigenvalue weighted by molar-refractivity contribution is -0.123. The summed E-state index contributed by atoms with van der Waals surface area (Å²) >= 11 is 5.79. The molecule has 6 nitrogen and oxygen atoms in total. The molecule has 0 aliphatic heterocycles. The number of rotatable bonds is 8. The van der Waals surface area contributed by atoms with Crippen molar-refractivity contribution in [1.29, 1.82) is 0 Å². The van der Waals surface area contributed by atoms with E-state index in [0.717, 1.165) is 5.56 Å². The van der Waals surface area contributed by atoms with Gasteiger partial charge in [0.25, 0.3) is 5.91 Å². The van der Waals surface area contributed by atoms with Crippen LogP contribution >= 0.6 is 11.6 Å². The van der Waals surface area contributed by atoms with Gasteiger partial charge in [0.2, 0.25) is 5.91 Å². The zero-order valence-corrected chi connectivity index (χ0v) is 14.5. The number of methoxy groups -OCH3 is 1. The van der Waals surface area contributed by atoms with E-state index in [1.807, 2.05) is 6.07 Å². The van der Waals surface area contributed by atoms with E-state index < -0.39 is 0 Å². The zero-order valence-electron chi connectivity index (χ0n) is 13.8. The number of hydrogen-bond acceptors (Lipinski definition) is 4. The molecule has 2 amide bonds. The van der Waals surface area contributed by atoms with Crippen LogP contribution in [0.1, 0.15) is 5.56 Å². The molecule has 0 atom stereocenters. The predicted molar refractivity (Wildman–Crippen MR) is 95.7 cm³/mol. The Balaban J connectivity index is 1.79. The Morgan fingerprint density at radius 1 is 1.04 bits per heavy atom. The van der Waals surface area contributed by atoms with Gasteiger partial charge in [0.05, 0.1) is 0 Å². The van der Waals surface area contributed by atoms with Gasteiger partial charge < -0.3 is 20.1 Å². The summed E-state index contributed by atoms with van der Waals surface area (Å²) in [5.41, 5.74) is 1.50. The smallest absolute Gasteiger partial charge is 0.258 e. The third-order valence-corrected chi connectivity index (χ3v) is 3.41. The monoisotopic (exact) mass is 362 g/mol. The molecular formula is C18H19ClN2O4. The second kappa shape index (κ2) is 9.66. The van der Waals surface area contributed by atoms with Crippen LogP contribution in [0.5, 0.6) is 5.75 Å². The van der Waals surface area contributed by atoms with Crippen LogP contribution in [-0.4, -0.2) is 32.1 Å². The van der Waals surface area contributed by atoms with Crippen molar-refractivity contribution >= 4 is 29.1 Å². The second-order valence-electron chi connectivity index (χ2n) is 5.20. The fraction of sp³-hybridized carbons (Fsp3) is 0.222. The molecule has 2 aromatic rings. The number of amides is 2. The van der Waals surface area contributed by atoms with Crippen molar-refractivity contribution in [2.24, 2.45) is 0 Å². The van der Waals surface area contributed by atoms with Gasteiger partial charge >= 0.3 is 0 Å². The molecule has 25 heavy (non-hydrogen) atoms. The van der Waals surface area contributed by atoms with Crippen molar-refractivity contribution in [2.75, 3.05) is 25.6 Å². The molecule has 0 unspecified atom stereocenters. The molecule has 0 aliphatic carbocycles. The molecule has 0 spiro atoms. The first-order chi connectivity index (χ1) is 12.1. The van der Waals surface area contributed by atoms with Crippen molar-refractivity contribution < 1.29 is 19.1 Å². The Morgan fingerprint density at radius 2 is 1.80 bits per heavy atom. The van der Waals surface area contributed by atoms with E-state index in [2.05, 4.69) is 10.6 Å². The van der Waals surface area contributed by atoms with Crippen LogP contribution < -0.4 is 15.4 Å². The Bertz CT molecular complexity index is 719. The van der Waals surface area contributed by atoms with Gasteiger partial charge in [0, 0.05) is 24.4 Å². The Morgan fingerprint density at radius 3 is 2.52 bits per heavy atom. The second-order valence-corrected chi connectivity index (χ2v) is 5.64. The molecule has 7 heteroatoms. The number of carbonyl (C=O) groups is 2. The van der Waals surface area contributed by atoms with Gasteiger partial charge in [-0.05, 0) is 42.0 Å². The number of nitrogens with one attached hydrogen (secondary N) is 2. The fourth-order valence-corrected chi connectivity index (χ4v) is 2.14. The minimum Gasteiger partial charge on any atom is -0.484 e. The first kappa shape index (κ1) is 18.8. The van der Waals surface area contributed by atoms with E-state index in [-0.39, 0.29) is 25.0 Å². The van der Waals surface area contributed by atoms with Gasteiger partial charge in [-0.25, -0.2) is 0 Å². The van der Waals surface area contributed by atoms with Gasteiger partial charge in [-0.3, -0.25) is 9.59 Å². The SMILES string of the molecule is COCC(=O)Nc1cccc(CNC(=O)COc2ccc(Cl)cc2)c1. The summed E-state index contributed by atoms with van der Waals surface area (Å²) in [6.45, 7) is 0.228. The van der Waals surface area contributed by atoms with Crippen LogP contribution in [-0.2, 0) is 20.9 Å². The summed E-state index contributed by atoms with van der Waals surface area (Å²) in [6.07, 6.45) is 0. The summed E-state index contributed by atoms with van der Waals surface area (Å²) in [4.78, 5) is 23.4. The molecule has 132 valence electrons. The lowest BCUT2D eigenvalue weighted by atomic mass is 10.2.